The number of unbranched alkanes of at least 4 members (excludes halogenated alkanes) is 1. The van der Waals surface area contributed by atoms with E-state index < -0.39 is 0 Å². The van der Waals surface area contributed by atoms with E-state index in [0.29, 0.717) is 0 Å². The first-order chi connectivity index (χ1) is 24.8. The Labute approximate surface area is 291 Å². The van der Waals surface area contributed by atoms with Gasteiger partial charge < -0.3 is 13.8 Å². The molecule has 0 unspecified atom stereocenters. The largest absolute Gasteiger partial charge is 0.455 e. The summed E-state index contributed by atoms with van der Waals surface area (Å²) < 4.78 is 9.53. The van der Waals surface area contributed by atoms with Crippen molar-refractivity contribution >= 4 is 78.6 Å². The molecule has 0 radical (unpaired) electrons. The van der Waals surface area contributed by atoms with Gasteiger partial charge in [-0.3, -0.25) is 0 Å². The van der Waals surface area contributed by atoms with Gasteiger partial charge in [0.05, 0.1) is 0 Å². The van der Waals surface area contributed by atoms with E-state index in [-0.39, 0.29) is 6.85 Å². The van der Waals surface area contributed by atoms with Crippen molar-refractivity contribution in [3.05, 3.63) is 151 Å². The van der Waals surface area contributed by atoms with E-state index in [1.165, 1.54) is 90.5 Å². The number of hydrogen-bond acceptors (Lipinski definition) is 2. The number of rotatable bonds is 5. The molecule has 11 rings (SSSR count). The quantitative estimate of drug-likeness (QED) is 0.175. The van der Waals surface area contributed by atoms with Gasteiger partial charge in [0.1, 0.15) is 11.2 Å². The molecule has 9 aromatic rings. The van der Waals surface area contributed by atoms with Gasteiger partial charge in [0.2, 0.25) is 0 Å². The molecule has 0 atom stereocenters. The number of para-hydroxylation sites is 3. The lowest BCUT2D eigenvalue weighted by Gasteiger charge is -2.40. The first-order valence-electron chi connectivity index (χ1n) is 17.9. The fourth-order valence-electron chi connectivity index (χ4n) is 8.96. The zero-order valence-corrected chi connectivity index (χ0v) is 27.9. The Balaban J connectivity index is 1.32. The number of furan rings is 1. The maximum Gasteiger partial charge on any atom is 0.333 e. The predicted octanol–water partition coefficient (Wildman–Crippen LogP) is 11.1. The minimum atomic E-state index is -0.0481. The van der Waals surface area contributed by atoms with Gasteiger partial charge in [-0.05, 0) is 76.9 Å². The van der Waals surface area contributed by atoms with Crippen LogP contribution in [0.3, 0.4) is 0 Å². The van der Waals surface area contributed by atoms with Crippen molar-refractivity contribution in [2.75, 3.05) is 4.90 Å². The molecular formula is C46H33BN2O. The zero-order chi connectivity index (χ0) is 32.9. The molecule has 0 amide bonds. The Bertz CT molecular complexity index is 2830. The number of benzene rings is 7. The highest BCUT2D eigenvalue weighted by Gasteiger charge is 2.44. The monoisotopic (exact) mass is 640 g/mol. The number of aryl methyl sites for hydroxylation is 1. The van der Waals surface area contributed by atoms with E-state index in [0.717, 1.165) is 28.4 Å². The van der Waals surface area contributed by atoms with Crippen molar-refractivity contribution in [1.29, 1.82) is 0 Å². The van der Waals surface area contributed by atoms with Crippen molar-refractivity contribution in [3.63, 3.8) is 0 Å². The number of nitrogens with zero attached hydrogens (tertiary/aromatic N) is 2. The third kappa shape index (κ3) is 3.76. The first kappa shape index (κ1) is 27.9. The zero-order valence-electron chi connectivity index (χ0n) is 27.9. The summed E-state index contributed by atoms with van der Waals surface area (Å²) >= 11 is 0. The van der Waals surface area contributed by atoms with Crippen LogP contribution in [0.2, 0.25) is 0 Å². The molecule has 0 saturated carbocycles. The van der Waals surface area contributed by atoms with Crippen molar-refractivity contribution in [2.24, 2.45) is 0 Å². The summed E-state index contributed by atoms with van der Waals surface area (Å²) in [6.07, 6.45) is 3.43. The molecule has 0 N–H and O–H groups in total. The van der Waals surface area contributed by atoms with Gasteiger partial charge in [-0.2, -0.15) is 0 Å². The van der Waals surface area contributed by atoms with Crippen LogP contribution in [-0.4, -0.2) is 11.3 Å². The summed E-state index contributed by atoms with van der Waals surface area (Å²) in [4.78, 5) is 2.53. The predicted molar refractivity (Wildman–Crippen MR) is 211 cm³/mol. The van der Waals surface area contributed by atoms with Gasteiger partial charge in [0.15, 0.2) is 0 Å². The second kappa shape index (κ2) is 10.5. The van der Waals surface area contributed by atoms with E-state index in [2.05, 4.69) is 162 Å². The number of fused-ring (bicyclic) bond motifs is 11. The van der Waals surface area contributed by atoms with Gasteiger partial charge in [0.25, 0.3) is 0 Å². The second-order valence-electron chi connectivity index (χ2n) is 13.9. The molecule has 2 aromatic heterocycles. The van der Waals surface area contributed by atoms with Gasteiger partial charge >= 0.3 is 6.85 Å². The molecule has 236 valence electrons. The van der Waals surface area contributed by atoms with E-state index in [1.54, 1.807) is 0 Å². The Hall–Kier alpha value is -6.00. The van der Waals surface area contributed by atoms with Crippen molar-refractivity contribution in [1.82, 2.24) is 4.48 Å². The van der Waals surface area contributed by atoms with E-state index in [1.807, 2.05) is 0 Å². The third-order valence-corrected chi connectivity index (χ3v) is 11.1. The minimum absolute atomic E-state index is 0.0481. The van der Waals surface area contributed by atoms with Gasteiger partial charge in [-0.25, -0.2) is 0 Å². The fourth-order valence-corrected chi connectivity index (χ4v) is 8.96. The Morgan fingerprint density at radius 3 is 2.32 bits per heavy atom. The molecular weight excluding hydrogens is 607 g/mol. The van der Waals surface area contributed by atoms with Gasteiger partial charge in [0, 0.05) is 60.8 Å². The van der Waals surface area contributed by atoms with Crippen LogP contribution in [0.1, 0.15) is 25.3 Å². The molecule has 0 fully saturated rings. The van der Waals surface area contributed by atoms with Crippen molar-refractivity contribution < 1.29 is 4.42 Å². The Kier molecular flexibility index (Phi) is 5.86. The molecule has 4 heterocycles. The molecule has 0 aliphatic carbocycles. The van der Waals surface area contributed by atoms with E-state index in [9.17, 15) is 0 Å². The van der Waals surface area contributed by atoms with Crippen LogP contribution in [0.15, 0.2) is 150 Å². The van der Waals surface area contributed by atoms with E-state index in [4.69, 9.17) is 4.42 Å². The van der Waals surface area contributed by atoms with Crippen LogP contribution in [0, 0.1) is 0 Å². The van der Waals surface area contributed by atoms with Crippen LogP contribution < -0.4 is 15.8 Å². The molecule has 0 saturated heterocycles. The highest BCUT2D eigenvalue weighted by atomic mass is 16.3. The summed E-state index contributed by atoms with van der Waals surface area (Å²) in [7, 11) is 0. The van der Waals surface area contributed by atoms with Crippen LogP contribution >= 0.6 is 0 Å². The number of aromatic nitrogens is 1. The minimum Gasteiger partial charge on any atom is -0.455 e. The maximum absolute atomic E-state index is 6.90. The van der Waals surface area contributed by atoms with Crippen LogP contribution in [0.4, 0.5) is 17.1 Å². The summed E-state index contributed by atoms with van der Waals surface area (Å²) in [5, 5.41) is 4.88. The van der Waals surface area contributed by atoms with Crippen LogP contribution in [0.25, 0.3) is 66.0 Å². The van der Waals surface area contributed by atoms with E-state index >= 15 is 0 Å². The number of hydrogen-bond donors (Lipinski definition) is 0. The lowest BCUT2D eigenvalue weighted by molar-refractivity contribution is 0.670. The molecule has 0 spiro atoms. The van der Waals surface area contributed by atoms with Crippen molar-refractivity contribution in [2.45, 2.75) is 26.2 Å². The fraction of sp³-hybridized carbons (Fsp3) is 0.0870. The standard InChI is InChI=1S/C46H33BN2O/c1-2-3-13-29-14-11-17-32(26-29)48-40-25-24-31(30-15-5-4-6-16-30)27-38(40)47-44-41(48)28-37-34-19-8-10-23-42(34)50-46(37)43(44)36-21-12-20-35-33-18-7-9-22-39(33)49(47)45(35)36/h4-12,14-28H,2-3,13H2,1H3. The molecule has 4 heteroatoms. The number of anilines is 3. The van der Waals surface area contributed by atoms with Crippen molar-refractivity contribution in [3.8, 4) is 22.3 Å². The highest BCUT2D eigenvalue weighted by molar-refractivity contribution is 6.90. The smallest absolute Gasteiger partial charge is 0.333 e. The van der Waals surface area contributed by atoms with Gasteiger partial charge in [-0.15, -0.1) is 0 Å². The molecule has 0 bridgehead atoms. The van der Waals surface area contributed by atoms with Crippen LogP contribution in [-0.2, 0) is 6.42 Å². The SMILES string of the molecule is CCCCc1cccc(N2c3ccc(-c4ccccc4)cc3B3c4c2cc2c(oc5ccccc52)c4-c2cccc4c5ccccc5n3c24)c1. The first-order valence-corrected chi connectivity index (χ1v) is 17.9. The molecule has 3 nitrogen and oxygen atoms in total. The Morgan fingerprint density at radius 2 is 1.42 bits per heavy atom. The van der Waals surface area contributed by atoms with Gasteiger partial charge in [-0.1, -0.05) is 123 Å². The average molecular weight is 641 g/mol. The Morgan fingerprint density at radius 1 is 0.620 bits per heavy atom. The summed E-state index contributed by atoms with van der Waals surface area (Å²) in [6.45, 7) is 2.22. The highest BCUT2D eigenvalue weighted by Crippen LogP contribution is 2.49. The molecule has 2 aliphatic heterocycles. The lowest BCUT2D eigenvalue weighted by Crippen LogP contribution is -2.56. The molecule has 50 heavy (non-hydrogen) atoms. The third-order valence-electron chi connectivity index (χ3n) is 11.1. The molecule has 2 aliphatic rings. The maximum atomic E-state index is 6.90. The summed E-state index contributed by atoms with van der Waals surface area (Å²) in [5.74, 6) is 0. The molecule has 7 aromatic carbocycles. The second-order valence-corrected chi connectivity index (χ2v) is 13.9. The lowest BCUT2D eigenvalue weighted by atomic mass is 9.44. The summed E-state index contributed by atoms with van der Waals surface area (Å²) in [5.41, 5.74) is 16.9. The topological polar surface area (TPSA) is 21.3 Å². The van der Waals surface area contributed by atoms with Crippen LogP contribution in [0.5, 0.6) is 0 Å². The summed E-state index contributed by atoms with van der Waals surface area (Å²) in [6, 6.07) is 53.8. The average Bonchev–Trinajstić information content (AvgIpc) is 3.72. The normalized spacial score (nSPS) is 13.1.